The molecule has 6 heteroatoms. The Morgan fingerprint density at radius 2 is 2.04 bits per heavy atom. The van der Waals surface area contributed by atoms with Crippen molar-refractivity contribution in [3.05, 3.63) is 29.3 Å². The number of unbranched alkanes of at least 4 members (excludes halogenated alkanes) is 1. The molecule has 0 saturated carbocycles. The van der Waals surface area contributed by atoms with Gasteiger partial charge in [-0.05, 0) is 51.3 Å². The van der Waals surface area contributed by atoms with Gasteiger partial charge in [-0.15, -0.1) is 0 Å². The number of rotatable bonds is 10. The molecular formula is C21H36N4O2. The Bertz CT molecular complexity index is 571. The molecule has 2 N–H and O–H groups in total. The molecule has 152 valence electrons. The highest BCUT2D eigenvalue weighted by atomic mass is 16.5. The van der Waals surface area contributed by atoms with Crippen LogP contribution in [-0.2, 0) is 11.2 Å². The number of hydrogen-bond donors (Lipinski definition) is 2. The summed E-state index contributed by atoms with van der Waals surface area (Å²) in [4.78, 5) is 7.19. The summed E-state index contributed by atoms with van der Waals surface area (Å²) < 4.78 is 10.8. The lowest BCUT2D eigenvalue weighted by Gasteiger charge is -2.26. The van der Waals surface area contributed by atoms with Crippen LogP contribution >= 0.6 is 0 Å². The van der Waals surface area contributed by atoms with Crippen LogP contribution in [0, 0.1) is 6.92 Å². The maximum atomic E-state index is 5.46. The number of methoxy groups -OCH3 is 1. The van der Waals surface area contributed by atoms with Crippen LogP contribution in [0.15, 0.2) is 23.2 Å². The SMILES string of the molecule is CCNC(=NCCCCN1CCOCC1)NCCc1cc(C)ccc1OC. The van der Waals surface area contributed by atoms with Crippen molar-refractivity contribution in [3.63, 3.8) is 0 Å². The first kappa shape index (κ1) is 21.5. The summed E-state index contributed by atoms with van der Waals surface area (Å²) in [6, 6.07) is 6.31. The van der Waals surface area contributed by atoms with E-state index in [0.717, 1.165) is 77.0 Å². The van der Waals surface area contributed by atoms with Gasteiger partial charge in [-0.2, -0.15) is 0 Å². The molecule has 0 spiro atoms. The minimum absolute atomic E-state index is 0.833. The Kier molecular flexibility index (Phi) is 10.0. The third-order valence-electron chi connectivity index (χ3n) is 4.72. The lowest BCUT2D eigenvalue weighted by molar-refractivity contribution is 0.0373. The number of benzene rings is 1. The number of nitrogens with one attached hydrogen (secondary N) is 2. The summed E-state index contributed by atoms with van der Waals surface area (Å²) in [5.41, 5.74) is 2.48. The second-order valence-electron chi connectivity index (χ2n) is 6.91. The van der Waals surface area contributed by atoms with E-state index in [1.165, 1.54) is 17.5 Å². The summed E-state index contributed by atoms with van der Waals surface area (Å²) in [7, 11) is 1.73. The van der Waals surface area contributed by atoms with Crippen molar-refractivity contribution in [3.8, 4) is 5.75 Å². The van der Waals surface area contributed by atoms with E-state index in [1.807, 2.05) is 6.07 Å². The van der Waals surface area contributed by atoms with E-state index in [-0.39, 0.29) is 0 Å². The molecule has 2 rings (SSSR count). The fourth-order valence-electron chi connectivity index (χ4n) is 3.22. The first-order valence-corrected chi connectivity index (χ1v) is 10.2. The fourth-order valence-corrected chi connectivity index (χ4v) is 3.22. The molecular weight excluding hydrogens is 340 g/mol. The van der Waals surface area contributed by atoms with E-state index >= 15 is 0 Å². The Labute approximate surface area is 164 Å². The molecule has 1 aromatic rings. The predicted octanol–water partition coefficient (Wildman–Crippen LogP) is 2.21. The van der Waals surface area contributed by atoms with E-state index in [1.54, 1.807) is 7.11 Å². The quantitative estimate of drug-likeness (QED) is 0.373. The summed E-state index contributed by atoms with van der Waals surface area (Å²) in [5.74, 6) is 1.85. The number of ether oxygens (including phenoxy) is 2. The first-order valence-electron chi connectivity index (χ1n) is 10.2. The minimum Gasteiger partial charge on any atom is -0.496 e. The van der Waals surface area contributed by atoms with Crippen molar-refractivity contribution < 1.29 is 9.47 Å². The molecule has 1 heterocycles. The molecule has 1 aliphatic rings. The molecule has 1 aromatic carbocycles. The highest BCUT2D eigenvalue weighted by molar-refractivity contribution is 5.79. The average molecular weight is 377 g/mol. The zero-order chi connectivity index (χ0) is 19.3. The summed E-state index contributed by atoms with van der Waals surface area (Å²) >= 11 is 0. The monoisotopic (exact) mass is 376 g/mol. The van der Waals surface area contributed by atoms with Crippen molar-refractivity contribution in [2.75, 3.05) is 59.6 Å². The van der Waals surface area contributed by atoms with Crippen molar-refractivity contribution >= 4 is 5.96 Å². The standard InChI is InChI=1S/C21H36N4O2/c1-4-22-21(23-10-5-6-12-25-13-15-27-16-14-25)24-11-9-19-17-18(2)7-8-20(19)26-3/h7-8,17H,4-6,9-16H2,1-3H3,(H2,22,23,24). The van der Waals surface area contributed by atoms with Crippen LogP contribution in [0.25, 0.3) is 0 Å². The molecule has 0 aliphatic carbocycles. The summed E-state index contributed by atoms with van der Waals surface area (Å²) in [6.07, 6.45) is 3.20. The maximum absolute atomic E-state index is 5.46. The molecule has 0 unspecified atom stereocenters. The van der Waals surface area contributed by atoms with Crippen molar-refractivity contribution in [1.82, 2.24) is 15.5 Å². The number of hydrogen-bond acceptors (Lipinski definition) is 4. The lowest BCUT2D eigenvalue weighted by Crippen LogP contribution is -2.38. The summed E-state index contributed by atoms with van der Waals surface area (Å²) in [6.45, 7) is 11.8. The van der Waals surface area contributed by atoms with Crippen LogP contribution in [0.3, 0.4) is 0 Å². The van der Waals surface area contributed by atoms with Crippen LogP contribution < -0.4 is 15.4 Å². The first-order chi connectivity index (χ1) is 13.2. The number of morpholine rings is 1. The van der Waals surface area contributed by atoms with Crippen molar-refractivity contribution in [1.29, 1.82) is 0 Å². The third-order valence-corrected chi connectivity index (χ3v) is 4.72. The van der Waals surface area contributed by atoms with E-state index < -0.39 is 0 Å². The molecule has 0 amide bonds. The van der Waals surface area contributed by atoms with Crippen molar-refractivity contribution in [2.45, 2.75) is 33.1 Å². The van der Waals surface area contributed by atoms with Crippen molar-refractivity contribution in [2.24, 2.45) is 4.99 Å². The van der Waals surface area contributed by atoms with Gasteiger partial charge in [0.1, 0.15) is 5.75 Å². The molecule has 1 saturated heterocycles. The second-order valence-corrected chi connectivity index (χ2v) is 6.91. The van der Waals surface area contributed by atoms with Gasteiger partial charge in [0.05, 0.1) is 20.3 Å². The Morgan fingerprint density at radius 1 is 1.22 bits per heavy atom. The van der Waals surface area contributed by atoms with Gasteiger partial charge in [-0.3, -0.25) is 9.89 Å². The van der Waals surface area contributed by atoms with E-state index in [9.17, 15) is 0 Å². The molecule has 6 nitrogen and oxygen atoms in total. The van der Waals surface area contributed by atoms with Crippen LogP contribution in [0.5, 0.6) is 5.75 Å². The lowest BCUT2D eigenvalue weighted by atomic mass is 10.1. The molecule has 1 aliphatic heterocycles. The normalized spacial score (nSPS) is 15.6. The highest BCUT2D eigenvalue weighted by Crippen LogP contribution is 2.19. The van der Waals surface area contributed by atoms with Gasteiger partial charge in [-0.25, -0.2) is 0 Å². The topological polar surface area (TPSA) is 58.1 Å². The summed E-state index contributed by atoms with van der Waals surface area (Å²) in [5, 5.41) is 6.77. The van der Waals surface area contributed by atoms with Crippen LogP contribution in [-0.4, -0.2) is 70.5 Å². The van der Waals surface area contributed by atoms with Crippen LogP contribution in [0.4, 0.5) is 0 Å². The van der Waals surface area contributed by atoms with Crippen LogP contribution in [0.1, 0.15) is 30.9 Å². The molecule has 1 fully saturated rings. The number of aryl methyl sites for hydroxylation is 1. The van der Waals surface area contributed by atoms with E-state index in [0.29, 0.717) is 0 Å². The predicted molar refractivity (Wildman–Crippen MR) is 112 cm³/mol. The zero-order valence-corrected chi connectivity index (χ0v) is 17.2. The molecule has 27 heavy (non-hydrogen) atoms. The third kappa shape index (κ3) is 8.18. The zero-order valence-electron chi connectivity index (χ0n) is 17.2. The van der Waals surface area contributed by atoms with Gasteiger partial charge < -0.3 is 20.1 Å². The Morgan fingerprint density at radius 3 is 2.78 bits per heavy atom. The second kappa shape index (κ2) is 12.6. The van der Waals surface area contributed by atoms with Gasteiger partial charge in [0, 0.05) is 32.7 Å². The average Bonchev–Trinajstić information content (AvgIpc) is 2.68. The van der Waals surface area contributed by atoms with Gasteiger partial charge in [0.15, 0.2) is 5.96 Å². The number of aliphatic imine (C=N–C) groups is 1. The Balaban J connectivity index is 1.70. The number of guanidine groups is 1. The van der Waals surface area contributed by atoms with Crippen LogP contribution in [0.2, 0.25) is 0 Å². The molecule has 0 atom stereocenters. The van der Waals surface area contributed by atoms with E-state index in [4.69, 9.17) is 14.5 Å². The molecule has 0 radical (unpaired) electrons. The number of nitrogens with zero attached hydrogens (tertiary/aromatic N) is 2. The smallest absolute Gasteiger partial charge is 0.191 e. The fraction of sp³-hybridized carbons (Fsp3) is 0.667. The highest BCUT2D eigenvalue weighted by Gasteiger charge is 2.09. The maximum Gasteiger partial charge on any atom is 0.191 e. The van der Waals surface area contributed by atoms with Gasteiger partial charge in [0.25, 0.3) is 0 Å². The van der Waals surface area contributed by atoms with Gasteiger partial charge in [0.2, 0.25) is 0 Å². The molecule has 0 aromatic heterocycles. The largest absolute Gasteiger partial charge is 0.496 e. The van der Waals surface area contributed by atoms with Gasteiger partial charge in [-0.1, -0.05) is 17.7 Å². The molecule has 0 bridgehead atoms. The minimum atomic E-state index is 0.833. The van der Waals surface area contributed by atoms with Gasteiger partial charge >= 0.3 is 0 Å². The Hall–Kier alpha value is -1.79. The van der Waals surface area contributed by atoms with E-state index in [2.05, 4.69) is 41.5 Å².